The van der Waals surface area contributed by atoms with Crippen molar-refractivity contribution in [2.24, 2.45) is 41.4 Å². The van der Waals surface area contributed by atoms with E-state index in [9.17, 15) is 59.0 Å². The number of ether oxygens (including phenoxy) is 5. The van der Waals surface area contributed by atoms with Crippen LogP contribution in [0, 0.1) is 45.6 Å². The molecule has 25 heteroatoms. The molecule has 0 aliphatic carbocycles. The summed E-state index contributed by atoms with van der Waals surface area (Å²) in [6.07, 6.45) is 7.53. The molecule has 534 valence electrons. The van der Waals surface area contributed by atoms with Crippen molar-refractivity contribution in [2.45, 2.75) is 198 Å². The smallest absolute Gasteiger partial charge is 0.325 e. The average molecular weight is 1370 g/mol. The van der Waals surface area contributed by atoms with Crippen LogP contribution in [-0.4, -0.2) is 121 Å². The number of aromatic nitrogens is 1. The lowest BCUT2D eigenvalue weighted by molar-refractivity contribution is -0.388. The van der Waals surface area contributed by atoms with Gasteiger partial charge in [-0.2, -0.15) is 0 Å². The molecule has 0 unspecified atom stereocenters. The Kier molecular flexibility index (Phi) is 43.2. The SMILES string of the molecule is C.C.C.C1CCOC1.C[C@@H](C[C@@H](CC(=O)OC(C)(C)C)Cc1ccc(O)cc1)C(=O)NCC(=O)OCCSSc1ncccc1[N+](=O)[O-].C[C@@H](C[C@@H](CC(=O)OC(C)(C)C)Cc1ccc(O)cc1)C(=O)NN.C[C@@H](C[C@@H](CC(=O)OC(C)(C)C)Cc1ccc(O)cc1)C(=O)O. The van der Waals surface area contributed by atoms with Crippen LogP contribution in [0.25, 0.3) is 0 Å². The second kappa shape index (κ2) is 45.8. The number of carbonyl (C=O) groups excluding carboxylic acids is 6. The first kappa shape index (κ1) is 89.6. The number of nitrogens with zero attached hydrogens (tertiary/aromatic N) is 2. The van der Waals surface area contributed by atoms with Gasteiger partial charge in [0.2, 0.25) is 11.8 Å². The highest BCUT2D eigenvalue weighted by molar-refractivity contribution is 8.76. The number of nitro groups is 1. The molecule has 1 aromatic heterocycles. The predicted octanol–water partition coefficient (Wildman–Crippen LogP) is 13.1. The first-order chi connectivity index (χ1) is 43.0. The van der Waals surface area contributed by atoms with Gasteiger partial charge in [0.1, 0.15) is 47.2 Å². The molecule has 4 aromatic rings. The van der Waals surface area contributed by atoms with Gasteiger partial charge in [0.25, 0.3) is 0 Å². The van der Waals surface area contributed by atoms with E-state index in [4.69, 9.17) is 34.6 Å². The van der Waals surface area contributed by atoms with E-state index in [0.29, 0.717) is 44.3 Å². The second-order valence-electron chi connectivity index (χ2n) is 25.6. The third-order valence-corrected chi connectivity index (χ3v) is 15.5. The summed E-state index contributed by atoms with van der Waals surface area (Å²) in [6.45, 7) is 23.2. The van der Waals surface area contributed by atoms with E-state index >= 15 is 0 Å². The fourth-order valence-electron chi connectivity index (χ4n) is 9.19. The van der Waals surface area contributed by atoms with Crippen LogP contribution >= 0.6 is 21.6 Å². The number of phenols is 3. The van der Waals surface area contributed by atoms with Gasteiger partial charge in [0.05, 0.1) is 10.8 Å². The lowest BCUT2D eigenvalue weighted by Crippen LogP contribution is -2.36. The van der Waals surface area contributed by atoms with Crippen LogP contribution in [0.15, 0.2) is 96.2 Å². The largest absolute Gasteiger partial charge is 0.508 e. The van der Waals surface area contributed by atoms with Gasteiger partial charge < -0.3 is 49.4 Å². The van der Waals surface area contributed by atoms with Gasteiger partial charge in [-0.15, -0.1) is 0 Å². The number of carbonyl (C=O) groups is 7. The number of carboxylic acids is 1. The molecule has 0 bridgehead atoms. The molecule has 2 heterocycles. The van der Waals surface area contributed by atoms with Crippen molar-refractivity contribution in [3.8, 4) is 17.2 Å². The molecular formula is C70H109N5O18S2. The Hall–Kier alpha value is -7.48. The van der Waals surface area contributed by atoms with Crippen LogP contribution in [0.4, 0.5) is 5.69 Å². The molecule has 1 aliphatic rings. The normalized spacial score (nSPS) is 13.5. The highest BCUT2D eigenvalue weighted by Crippen LogP contribution is 2.35. The Morgan fingerprint density at radius 2 is 0.968 bits per heavy atom. The number of aromatic hydroxyl groups is 3. The predicted molar refractivity (Wildman–Crippen MR) is 372 cm³/mol. The zero-order chi connectivity index (χ0) is 69.2. The van der Waals surface area contributed by atoms with Gasteiger partial charge in [0.15, 0.2) is 5.03 Å². The summed E-state index contributed by atoms with van der Waals surface area (Å²) in [4.78, 5) is 98.7. The molecule has 0 spiro atoms. The topological polar surface area (TPSA) is 353 Å². The van der Waals surface area contributed by atoms with Gasteiger partial charge in [0, 0.05) is 62.3 Å². The molecule has 1 saturated heterocycles. The minimum Gasteiger partial charge on any atom is -0.508 e. The number of pyridine rings is 1. The molecule has 95 heavy (non-hydrogen) atoms. The number of aliphatic carboxylic acids is 1. The van der Waals surface area contributed by atoms with Crippen molar-refractivity contribution in [3.63, 3.8) is 0 Å². The summed E-state index contributed by atoms with van der Waals surface area (Å²) < 4.78 is 26.3. The molecule has 0 radical (unpaired) electrons. The van der Waals surface area contributed by atoms with Gasteiger partial charge in [-0.05, 0) is 201 Å². The number of benzene rings is 3. The van der Waals surface area contributed by atoms with E-state index in [-0.39, 0.29) is 136 Å². The second-order valence-corrected chi connectivity index (χ2v) is 28.0. The summed E-state index contributed by atoms with van der Waals surface area (Å²) in [5.41, 5.74) is 3.18. The molecule has 3 aromatic carbocycles. The standard InChI is InChI=1S/C27H35N3O8S2.C18H28N2O4.C18H26O5.C4H8O.3CH4/c1-18(14-20(16-23(32)38-27(2,3)4)15-19-7-9-21(31)10-8-19)25(34)29-17-24(33)37-12-13-39-40-26-22(30(35)36)6-5-11-28-26;1-12(17(23)20-19)9-14(11-16(22)24-18(2,3)4)10-13-5-7-15(21)8-6-13;1-12(17(21)22)9-14(11-16(20)23-18(2,3)4)10-13-5-7-15(19)8-6-13;1-2-4-5-3-1;;;/h5-11,18,20,31H,12-17H2,1-4H3,(H,29,34);5-8,12,14,21H,9-11,19H2,1-4H3,(H,20,23);5-8,12,14,19H,9-11H2,1-4H3,(H,21,22);1-4H2;3*1H4/t18-,20+;2*12-,14+;;;;/m000..../s1. The molecule has 2 amide bonds. The average Bonchev–Trinajstić information content (AvgIpc) is 0.987. The number of phenolic OH excluding ortho intramolecular Hbond substituents is 3. The number of hydrogen-bond donors (Lipinski definition) is 7. The number of esters is 4. The Morgan fingerprint density at radius 1 is 0.600 bits per heavy atom. The highest BCUT2D eigenvalue weighted by atomic mass is 33.1. The van der Waals surface area contributed by atoms with Gasteiger partial charge in [-0.3, -0.25) is 49.1 Å². The molecular weight excluding hydrogens is 1260 g/mol. The maximum atomic E-state index is 12.7. The van der Waals surface area contributed by atoms with Crippen molar-refractivity contribution in [1.82, 2.24) is 15.7 Å². The van der Waals surface area contributed by atoms with Crippen LogP contribution in [0.5, 0.6) is 17.2 Å². The zero-order valence-electron chi connectivity index (χ0n) is 55.2. The van der Waals surface area contributed by atoms with E-state index in [2.05, 4.69) is 15.7 Å². The first-order valence-electron chi connectivity index (χ1n) is 30.6. The van der Waals surface area contributed by atoms with Crippen LogP contribution < -0.4 is 16.6 Å². The molecule has 1 fully saturated rings. The molecule has 5 rings (SSSR count). The lowest BCUT2D eigenvalue weighted by Gasteiger charge is -2.24. The summed E-state index contributed by atoms with van der Waals surface area (Å²) in [5.74, 6) is 1.32. The summed E-state index contributed by atoms with van der Waals surface area (Å²) >= 11 is 0. The minimum absolute atomic E-state index is 0. The van der Waals surface area contributed by atoms with Crippen LogP contribution in [0.3, 0.4) is 0 Å². The molecule has 23 nitrogen and oxygen atoms in total. The first-order valence-corrected chi connectivity index (χ1v) is 33.0. The number of hydrogen-bond acceptors (Lipinski definition) is 21. The quantitative estimate of drug-likeness (QED) is 0.00388. The number of rotatable bonds is 29. The molecule has 8 N–H and O–H groups in total. The summed E-state index contributed by atoms with van der Waals surface area (Å²) in [7, 11) is 2.38. The molecule has 0 saturated carbocycles. The molecule has 1 aliphatic heterocycles. The van der Waals surface area contributed by atoms with Gasteiger partial charge in [-0.25, -0.2) is 10.8 Å². The van der Waals surface area contributed by atoms with Crippen LogP contribution in [0.2, 0.25) is 0 Å². The Morgan fingerprint density at radius 3 is 1.29 bits per heavy atom. The van der Waals surface area contributed by atoms with Crippen molar-refractivity contribution in [3.05, 3.63) is 118 Å². The maximum Gasteiger partial charge on any atom is 0.325 e. The van der Waals surface area contributed by atoms with E-state index < -0.39 is 45.5 Å². The Labute approximate surface area is 571 Å². The number of nitrogens with one attached hydrogen (secondary N) is 2. The number of hydrazine groups is 1. The van der Waals surface area contributed by atoms with Crippen molar-refractivity contribution >= 4 is 68.9 Å². The van der Waals surface area contributed by atoms with Crippen molar-refractivity contribution < 1.29 is 82.6 Å². The third-order valence-electron chi connectivity index (χ3n) is 13.3. The van der Waals surface area contributed by atoms with Gasteiger partial charge >= 0.3 is 35.5 Å². The maximum absolute atomic E-state index is 12.7. The fraction of sp³-hybridized carbons (Fsp3) is 0.571. The van der Waals surface area contributed by atoms with E-state index in [1.54, 1.807) is 123 Å². The van der Waals surface area contributed by atoms with Crippen LogP contribution in [0.1, 0.15) is 173 Å². The fourth-order valence-corrected chi connectivity index (χ4v) is 11.0. The lowest BCUT2D eigenvalue weighted by atomic mass is 9.87. The van der Waals surface area contributed by atoms with E-state index in [1.165, 1.54) is 42.0 Å². The number of nitrogens with two attached hydrogens (primary N) is 1. The Balaban J connectivity index is 0. The van der Waals surface area contributed by atoms with Crippen molar-refractivity contribution in [1.29, 1.82) is 0 Å². The zero-order valence-corrected chi connectivity index (χ0v) is 56.9. The molecule has 6 atom stereocenters. The van der Waals surface area contributed by atoms with Gasteiger partial charge in [-0.1, -0.05) is 90.2 Å². The highest BCUT2D eigenvalue weighted by Gasteiger charge is 2.28. The summed E-state index contributed by atoms with van der Waals surface area (Å²) in [5, 5.41) is 51.2. The van der Waals surface area contributed by atoms with Crippen LogP contribution in [-0.2, 0) is 76.5 Å². The third kappa shape index (κ3) is 42.6. The Bertz CT molecular complexity index is 2900. The summed E-state index contributed by atoms with van der Waals surface area (Å²) in [6, 6.07) is 23.1. The minimum atomic E-state index is -0.870. The van der Waals surface area contributed by atoms with Crippen molar-refractivity contribution in [2.75, 3.05) is 32.1 Å². The van der Waals surface area contributed by atoms with E-state index in [1.807, 2.05) is 32.9 Å². The monoisotopic (exact) mass is 1370 g/mol. The number of amides is 2. The van der Waals surface area contributed by atoms with E-state index in [0.717, 1.165) is 40.7 Å². The number of carboxylic acid groups (broad SMARTS) is 1.